The highest BCUT2D eigenvalue weighted by atomic mass is 15.1. The maximum Gasteiger partial charge on any atom is 0.0991 e. The third-order valence-corrected chi connectivity index (χ3v) is 12.7. The number of para-hydroxylation sites is 2. The third-order valence-electron chi connectivity index (χ3n) is 12.7. The summed E-state index contributed by atoms with van der Waals surface area (Å²) in [4.78, 5) is 4.68. The molecule has 2 aliphatic carbocycles. The minimum absolute atomic E-state index is 0.287. The Labute approximate surface area is 342 Å². The fourth-order valence-electron chi connectivity index (χ4n) is 9.94. The first-order chi connectivity index (χ1) is 27.8. The highest BCUT2D eigenvalue weighted by molar-refractivity contribution is 5.96. The van der Waals surface area contributed by atoms with Crippen molar-refractivity contribution in [2.45, 2.75) is 66.2 Å². The van der Waals surface area contributed by atoms with Crippen LogP contribution in [0.1, 0.15) is 83.3 Å². The van der Waals surface area contributed by atoms with Gasteiger partial charge in [0.05, 0.1) is 23.3 Å². The van der Waals surface area contributed by atoms with E-state index in [0.717, 1.165) is 34.1 Å². The number of benzene rings is 7. The van der Waals surface area contributed by atoms with E-state index in [0.29, 0.717) is 11.1 Å². The number of rotatable bonds is 6. The maximum absolute atomic E-state index is 9.59. The Kier molecular flexibility index (Phi) is 8.47. The molecule has 9 rings (SSSR count). The molecule has 0 bridgehead atoms. The number of nitriles is 2. The molecular weight excluding hydrogens is 705 g/mol. The highest BCUT2D eigenvalue weighted by Crippen LogP contribution is 2.61. The predicted octanol–water partition coefficient (Wildman–Crippen LogP) is 14.2. The Morgan fingerprint density at radius 3 is 1.12 bits per heavy atom. The van der Waals surface area contributed by atoms with Gasteiger partial charge in [0.15, 0.2) is 0 Å². The van der Waals surface area contributed by atoms with Gasteiger partial charge >= 0.3 is 0 Å². The quantitative estimate of drug-likeness (QED) is 0.170. The summed E-state index contributed by atoms with van der Waals surface area (Å²) in [6.45, 7) is 18.5. The van der Waals surface area contributed by atoms with Crippen molar-refractivity contribution in [3.63, 3.8) is 0 Å². The van der Waals surface area contributed by atoms with Crippen LogP contribution >= 0.6 is 0 Å². The average Bonchev–Trinajstić information content (AvgIpc) is 3.59. The van der Waals surface area contributed by atoms with E-state index in [4.69, 9.17) is 0 Å². The SMILES string of the molecule is Cc1ccccc1N(c1ccc(C#N)cc1)c1cc(C)c2c(c1)C(C)(C)c1c-2ccc2c1C(C)(C)c1cc(N(c3ccc(C#N)cc3)c3ccccc3C)cc(C)c1-2. The second kappa shape index (κ2) is 13.4. The first-order valence-electron chi connectivity index (χ1n) is 20.1. The summed E-state index contributed by atoms with van der Waals surface area (Å²) < 4.78 is 0. The lowest BCUT2D eigenvalue weighted by Crippen LogP contribution is -2.24. The first kappa shape index (κ1) is 36.7. The van der Waals surface area contributed by atoms with Crippen molar-refractivity contribution in [1.29, 1.82) is 10.5 Å². The van der Waals surface area contributed by atoms with Gasteiger partial charge in [0.2, 0.25) is 0 Å². The molecule has 4 heteroatoms. The largest absolute Gasteiger partial charge is 0.310 e. The molecule has 282 valence electrons. The molecule has 0 fully saturated rings. The smallest absolute Gasteiger partial charge is 0.0991 e. The molecule has 0 aromatic heterocycles. The van der Waals surface area contributed by atoms with Gasteiger partial charge in [-0.1, -0.05) is 76.2 Å². The van der Waals surface area contributed by atoms with Gasteiger partial charge in [0.1, 0.15) is 0 Å². The van der Waals surface area contributed by atoms with E-state index in [9.17, 15) is 10.5 Å². The van der Waals surface area contributed by atoms with Gasteiger partial charge in [-0.3, -0.25) is 0 Å². The summed E-state index contributed by atoms with van der Waals surface area (Å²) in [6.07, 6.45) is 0. The van der Waals surface area contributed by atoms with Gasteiger partial charge in [-0.2, -0.15) is 10.5 Å². The van der Waals surface area contributed by atoms with Crippen LogP contribution in [0.3, 0.4) is 0 Å². The van der Waals surface area contributed by atoms with E-state index in [-0.39, 0.29) is 10.8 Å². The second-order valence-corrected chi connectivity index (χ2v) is 17.1. The molecule has 0 aliphatic heterocycles. The zero-order valence-corrected chi connectivity index (χ0v) is 34.5. The number of nitrogens with zero attached hydrogens (tertiary/aromatic N) is 4. The Morgan fingerprint density at radius 2 is 0.776 bits per heavy atom. The molecule has 0 heterocycles. The van der Waals surface area contributed by atoms with Crippen molar-refractivity contribution in [2.75, 3.05) is 9.80 Å². The van der Waals surface area contributed by atoms with Crippen LogP contribution < -0.4 is 9.80 Å². The van der Waals surface area contributed by atoms with Crippen molar-refractivity contribution >= 4 is 34.1 Å². The molecule has 0 N–H and O–H groups in total. The summed E-state index contributed by atoms with van der Waals surface area (Å²) in [7, 11) is 0. The van der Waals surface area contributed by atoms with Crippen LogP contribution in [0.25, 0.3) is 22.3 Å². The van der Waals surface area contributed by atoms with Crippen LogP contribution in [0.2, 0.25) is 0 Å². The van der Waals surface area contributed by atoms with Crippen molar-refractivity contribution in [3.8, 4) is 34.4 Å². The minimum Gasteiger partial charge on any atom is -0.310 e. The average molecular weight is 751 g/mol. The molecule has 0 saturated heterocycles. The maximum atomic E-state index is 9.59. The van der Waals surface area contributed by atoms with Crippen molar-refractivity contribution < 1.29 is 0 Å². The lowest BCUT2D eigenvalue weighted by molar-refractivity contribution is 0.601. The predicted molar refractivity (Wildman–Crippen MR) is 239 cm³/mol. The molecule has 0 saturated carbocycles. The minimum atomic E-state index is -0.287. The van der Waals surface area contributed by atoms with Crippen molar-refractivity contribution in [1.82, 2.24) is 0 Å². The van der Waals surface area contributed by atoms with Gasteiger partial charge in [0, 0.05) is 45.0 Å². The van der Waals surface area contributed by atoms with E-state index < -0.39 is 0 Å². The fraction of sp³-hybridized carbons (Fsp3) is 0.185. The molecule has 0 spiro atoms. The van der Waals surface area contributed by atoms with E-state index in [1.807, 2.05) is 24.3 Å². The third kappa shape index (κ3) is 5.48. The topological polar surface area (TPSA) is 54.1 Å². The number of anilines is 6. The van der Waals surface area contributed by atoms with Crippen molar-refractivity contribution in [2.24, 2.45) is 0 Å². The Balaban J connectivity index is 1.20. The lowest BCUT2D eigenvalue weighted by atomic mass is 9.72. The highest BCUT2D eigenvalue weighted by Gasteiger charge is 2.47. The van der Waals surface area contributed by atoms with Gasteiger partial charge in [0.25, 0.3) is 0 Å². The van der Waals surface area contributed by atoms with E-state index in [1.165, 1.54) is 66.8 Å². The number of aryl methyl sites for hydroxylation is 4. The van der Waals surface area contributed by atoms with Crippen LogP contribution in [0.15, 0.2) is 133 Å². The van der Waals surface area contributed by atoms with Gasteiger partial charge < -0.3 is 9.80 Å². The molecule has 2 aliphatic rings. The van der Waals surface area contributed by atoms with E-state index >= 15 is 0 Å². The number of hydrogen-bond donors (Lipinski definition) is 0. The Bertz CT molecular complexity index is 2700. The molecule has 0 atom stereocenters. The Hall–Kier alpha value is -6.88. The molecular formula is C54H46N4. The normalized spacial score (nSPS) is 13.8. The lowest BCUT2D eigenvalue weighted by Gasteiger charge is -2.32. The molecule has 0 amide bonds. The van der Waals surface area contributed by atoms with Gasteiger partial charge in [-0.15, -0.1) is 0 Å². The van der Waals surface area contributed by atoms with Crippen LogP contribution in [0.5, 0.6) is 0 Å². The molecule has 7 aromatic carbocycles. The summed E-state index contributed by atoms with van der Waals surface area (Å²) >= 11 is 0. The zero-order chi connectivity index (χ0) is 40.7. The molecule has 4 nitrogen and oxygen atoms in total. The summed E-state index contributed by atoms with van der Waals surface area (Å²) in [5, 5.41) is 19.2. The molecule has 7 aromatic rings. The van der Waals surface area contributed by atoms with Crippen LogP contribution in [0.4, 0.5) is 34.1 Å². The summed E-state index contributed by atoms with van der Waals surface area (Å²) in [5.41, 5.74) is 22.8. The fourth-order valence-corrected chi connectivity index (χ4v) is 9.94. The molecule has 0 unspecified atom stereocenters. The first-order valence-corrected chi connectivity index (χ1v) is 20.1. The standard InChI is InChI=1S/C54H46N4/c1-33-13-9-11-15-47(33)57(39-21-17-37(31-55)18-22-39)41-27-35(3)49-43-25-26-44-50-36(4)28-42(30-46(50)54(7,8)52(44)51(43)53(5,6)45(49)29-41)58(48-16-12-10-14-34(48)2)40-23-19-38(32-56)20-24-40/h9-30H,1-8H3. The number of hydrogen-bond acceptors (Lipinski definition) is 4. The molecule has 0 radical (unpaired) electrons. The number of fused-ring (bicyclic) bond motifs is 7. The van der Waals surface area contributed by atoms with Gasteiger partial charge in [-0.25, -0.2) is 0 Å². The van der Waals surface area contributed by atoms with Gasteiger partial charge in [-0.05, 0) is 179 Å². The zero-order valence-electron chi connectivity index (χ0n) is 34.5. The monoisotopic (exact) mass is 750 g/mol. The Morgan fingerprint density at radius 1 is 0.414 bits per heavy atom. The van der Waals surface area contributed by atoms with E-state index in [1.54, 1.807) is 0 Å². The van der Waals surface area contributed by atoms with E-state index in [2.05, 4.69) is 187 Å². The summed E-state index contributed by atoms with van der Waals surface area (Å²) in [6, 6.07) is 51.7. The second-order valence-electron chi connectivity index (χ2n) is 17.1. The molecule has 58 heavy (non-hydrogen) atoms. The van der Waals surface area contributed by atoms with Crippen LogP contribution in [-0.2, 0) is 10.8 Å². The van der Waals surface area contributed by atoms with Crippen LogP contribution in [0, 0.1) is 50.4 Å². The summed E-state index contributed by atoms with van der Waals surface area (Å²) in [5.74, 6) is 0. The van der Waals surface area contributed by atoms with Crippen LogP contribution in [-0.4, -0.2) is 0 Å². The van der Waals surface area contributed by atoms with Crippen molar-refractivity contribution in [3.05, 3.63) is 189 Å².